The molecular formula is C15H25N5O2. The lowest BCUT2D eigenvalue weighted by atomic mass is 10.0. The zero-order valence-corrected chi connectivity index (χ0v) is 13.5. The second kappa shape index (κ2) is 8.05. The summed E-state index contributed by atoms with van der Waals surface area (Å²) < 4.78 is 4.96. The van der Waals surface area contributed by atoms with Gasteiger partial charge < -0.3 is 19.9 Å². The van der Waals surface area contributed by atoms with Crippen LogP contribution < -0.4 is 10.2 Å². The quantitative estimate of drug-likeness (QED) is 0.764. The van der Waals surface area contributed by atoms with Gasteiger partial charge in [-0.05, 0) is 20.2 Å². The molecular weight excluding hydrogens is 282 g/mol. The Morgan fingerprint density at radius 1 is 1.50 bits per heavy atom. The Labute approximate surface area is 131 Å². The van der Waals surface area contributed by atoms with Gasteiger partial charge in [-0.2, -0.15) is 0 Å². The molecule has 0 aromatic carbocycles. The number of aromatic nitrogens is 2. The van der Waals surface area contributed by atoms with E-state index in [9.17, 15) is 4.79 Å². The number of nitrogens with one attached hydrogen (secondary N) is 1. The molecule has 1 amide bonds. The minimum atomic E-state index is 0.0418. The van der Waals surface area contributed by atoms with Crippen LogP contribution in [0.4, 0.5) is 5.82 Å². The van der Waals surface area contributed by atoms with E-state index in [1.54, 1.807) is 19.6 Å². The van der Waals surface area contributed by atoms with E-state index in [0.29, 0.717) is 18.9 Å². The Morgan fingerprint density at radius 2 is 2.32 bits per heavy atom. The first-order valence-corrected chi connectivity index (χ1v) is 7.54. The monoisotopic (exact) mass is 307 g/mol. The third-order valence-electron chi connectivity index (χ3n) is 3.81. The van der Waals surface area contributed by atoms with Crippen LogP contribution in [0.25, 0.3) is 0 Å². The molecule has 7 heteroatoms. The molecule has 2 atom stereocenters. The van der Waals surface area contributed by atoms with Gasteiger partial charge in [0.2, 0.25) is 5.91 Å². The van der Waals surface area contributed by atoms with Gasteiger partial charge >= 0.3 is 0 Å². The van der Waals surface area contributed by atoms with E-state index >= 15 is 0 Å². The van der Waals surface area contributed by atoms with E-state index in [4.69, 9.17) is 4.74 Å². The molecule has 1 aromatic rings. The summed E-state index contributed by atoms with van der Waals surface area (Å²) >= 11 is 0. The maximum absolute atomic E-state index is 12.0. The number of rotatable bonds is 7. The van der Waals surface area contributed by atoms with Gasteiger partial charge in [-0.3, -0.25) is 4.79 Å². The Morgan fingerprint density at radius 3 is 2.95 bits per heavy atom. The van der Waals surface area contributed by atoms with Gasteiger partial charge in [-0.1, -0.05) is 0 Å². The zero-order chi connectivity index (χ0) is 15.9. The molecule has 2 heterocycles. The summed E-state index contributed by atoms with van der Waals surface area (Å²) in [5.41, 5.74) is 0. The minimum absolute atomic E-state index is 0.0418. The van der Waals surface area contributed by atoms with Crippen molar-refractivity contribution in [3.8, 4) is 0 Å². The highest BCUT2D eigenvalue weighted by Crippen LogP contribution is 2.22. The summed E-state index contributed by atoms with van der Waals surface area (Å²) in [7, 11) is 5.71. The predicted octanol–water partition coefficient (Wildman–Crippen LogP) is -0.00430. The molecule has 7 nitrogen and oxygen atoms in total. The molecule has 0 radical (unpaired) electrons. The Kier molecular flexibility index (Phi) is 6.09. The minimum Gasteiger partial charge on any atom is -0.384 e. The van der Waals surface area contributed by atoms with Crippen molar-refractivity contribution in [2.75, 3.05) is 52.3 Å². The van der Waals surface area contributed by atoms with E-state index < -0.39 is 0 Å². The van der Waals surface area contributed by atoms with E-state index in [0.717, 1.165) is 25.5 Å². The normalized spacial score (nSPS) is 21.4. The number of carbonyl (C=O) groups is 1. The molecule has 0 unspecified atom stereocenters. The van der Waals surface area contributed by atoms with Crippen LogP contribution in [0.2, 0.25) is 0 Å². The van der Waals surface area contributed by atoms with Crippen molar-refractivity contribution in [1.29, 1.82) is 0 Å². The van der Waals surface area contributed by atoms with Gasteiger partial charge in [0, 0.05) is 45.3 Å². The molecule has 1 aliphatic rings. The maximum Gasteiger partial charge on any atom is 0.222 e. The third-order valence-corrected chi connectivity index (χ3v) is 3.81. The van der Waals surface area contributed by atoms with Crippen LogP contribution in [0.1, 0.15) is 6.42 Å². The fourth-order valence-corrected chi connectivity index (χ4v) is 2.82. The third kappa shape index (κ3) is 4.64. The average Bonchev–Trinajstić information content (AvgIpc) is 2.88. The first-order valence-electron chi connectivity index (χ1n) is 7.54. The average molecular weight is 307 g/mol. The number of hydrogen-bond donors (Lipinski definition) is 1. The van der Waals surface area contributed by atoms with Crippen LogP contribution in [-0.4, -0.2) is 74.3 Å². The molecule has 1 saturated heterocycles. The highest BCUT2D eigenvalue weighted by atomic mass is 16.5. The maximum atomic E-state index is 12.0. The van der Waals surface area contributed by atoms with Crippen LogP contribution in [0.15, 0.2) is 18.6 Å². The van der Waals surface area contributed by atoms with E-state index in [1.165, 1.54) is 0 Å². The second-order valence-electron chi connectivity index (χ2n) is 5.91. The molecule has 0 spiro atoms. The van der Waals surface area contributed by atoms with Crippen LogP contribution in [0.3, 0.4) is 0 Å². The van der Waals surface area contributed by atoms with E-state index in [1.807, 2.05) is 6.07 Å². The van der Waals surface area contributed by atoms with Gasteiger partial charge in [0.15, 0.2) is 0 Å². The summed E-state index contributed by atoms with van der Waals surface area (Å²) in [4.78, 5) is 24.6. The summed E-state index contributed by atoms with van der Waals surface area (Å²) in [5, 5.41) is 3.14. The number of anilines is 1. The van der Waals surface area contributed by atoms with Crippen LogP contribution in [0.5, 0.6) is 0 Å². The van der Waals surface area contributed by atoms with Crippen molar-refractivity contribution in [2.24, 2.45) is 5.92 Å². The van der Waals surface area contributed by atoms with Crippen LogP contribution in [0, 0.1) is 5.92 Å². The highest BCUT2D eigenvalue weighted by Gasteiger charge is 2.34. The van der Waals surface area contributed by atoms with Crippen molar-refractivity contribution in [1.82, 2.24) is 20.2 Å². The standard InChI is InChI=1S/C15H25N5O2/c1-19(2)8-12-9-20(14-4-6-16-11-17-14)10-13(12)18-15(21)5-7-22-3/h4,6,11-13H,5,7-10H2,1-3H3,(H,18,21)/t12-,13-/m1/s1. The van der Waals surface area contributed by atoms with E-state index in [-0.39, 0.29) is 11.9 Å². The molecule has 1 aliphatic heterocycles. The van der Waals surface area contributed by atoms with E-state index in [2.05, 4.69) is 39.2 Å². The number of methoxy groups -OCH3 is 1. The van der Waals surface area contributed by atoms with Gasteiger partial charge in [0.1, 0.15) is 12.1 Å². The number of carbonyl (C=O) groups excluding carboxylic acids is 1. The Hall–Kier alpha value is -1.73. The fraction of sp³-hybridized carbons (Fsp3) is 0.667. The summed E-state index contributed by atoms with van der Waals surface area (Å²) in [6, 6.07) is 2.03. The van der Waals surface area contributed by atoms with Crippen LogP contribution >= 0.6 is 0 Å². The molecule has 0 aliphatic carbocycles. The zero-order valence-electron chi connectivity index (χ0n) is 13.5. The van der Waals surface area contributed by atoms with Gasteiger partial charge in [0.05, 0.1) is 12.6 Å². The Bertz CT molecular complexity index is 468. The van der Waals surface area contributed by atoms with Crippen molar-refractivity contribution in [3.05, 3.63) is 18.6 Å². The largest absolute Gasteiger partial charge is 0.384 e. The number of ether oxygens (including phenoxy) is 1. The number of amides is 1. The molecule has 1 aromatic heterocycles. The SMILES string of the molecule is COCCC(=O)N[C@@H]1CN(c2ccncn2)C[C@H]1CN(C)C. The first-order chi connectivity index (χ1) is 10.6. The summed E-state index contributed by atoms with van der Waals surface area (Å²) in [6.45, 7) is 3.03. The Balaban J connectivity index is 2.00. The van der Waals surface area contributed by atoms with Crippen molar-refractivity contribution in [3.63, 3.8) is 0 Å². The summed E-state index contributed by atoms with van der Waals surface area (Å²) in [6.07, 6.45) is 3.70. The number of nitrogens with zero attached hydrogens (tertiary/aromatic N) is 4. The van der Waals surface area contributed by atoms with Crippen molar-refractivity contribution in [2.45, 2.75) is 12.5 Å². The van der Waals surface area contributed by atoms with Gasteiger partial charge in [-0.15, -0.1) is 0 Å². The topological polar surface area (TPSA) is 70.6 Å². The van der Waals surface area contributed by atoms with Crippen LogP contribution in [-0.2, 0) is 9.53 Å². The van der Waals surface area contributed by atoms with Crippen molar-refractivity contribution >= 4 is 11.7 Å². The van der Waals surface area contributed by atoms with Gasteiger partial charge in [-0.25, -0.2) is 9.97 Å². The molecule has 0 bridgehead atoms. The first kappa shape index (κ1) is 16.6. The molecule has 1 N–H and O–H groups in total. The molecule has 1 fully saturated rings. The lowest BCUT2D eigenvalue weighted by molar-refractivity contribution is -0.122. The highest BCUT2D eigenvalue weighted by molar-refractivity contribution is 5.76. The number of hydrogen-bond acceptors (Lipinski definition) is 6. The van der Waals surface area contributed by atoms with Gasteiger partial charge in [0.25, 0.3) is 0 Å². The molecule has 122 valence electrons. The molecule has 22 heavy (non-hydrogen) atoms. The molecule has 2 rings (SSSR count). The summed E-state index contributed by atoms with van der Waals surface area (Å²) in [5.74, 6) is 1.32. The molecule has 0 saturated carbocycles. The second-order valence-corrected chi connectivity index (χ2v) is 5.91. The van der Waals surface area contributed by atoms with Crippen molar-refractivity contribution < 1.29 is 9.53 Å². The smallest absolute Gasteiger partial charge is 0.222 e. The lowest BCUT2D eigenvalue weighted by Gasteiger charge is -2.22. The lowest BCUT2D eigenvalue weighted by Crippen LogP contribution is -2.43. The fourth-order valence-electron chi connectivity index (χ4n) is 2.82. The predicted molar refractivity (Wildman–Crippen MR) is 84.7 cm³/mol.